The molecule has 0 fully saturated rings. The molecule has 0 saturated heterocycles. The van der Waals surface area contributed by atoms with E-state index in [1.54, 1.807) is 0 Å². The number of halogens is 1. The Morgan fingerprint density at radius 2 is 2.09 bits per heavy atom. The lowest BCUT2D eigenvalue weighted by Crippen LogP contribution is -1.92. The lowest BCUT2D eigenvalue weighted by molar-refractivity contribution is 1.13. The molecule has 0 radical (unpaired) electrons. The van der Waals surface area contributed by atoms with Gasteiger partial charge in [-0.2, -0.15) is 0 Å². The standard InChI is InChI=1S/C9H12ClN/c1-3-7-4-6(2)9(11)8(10)5-7/h4-5H,3,11H2,1-2H3. The first kappa shape index (κ1) is 8.41. The Hall–Kier alpha value is -0.690. The van der Waals surface area contributed by atoms with E-state index in [0.717, 1.165) is 12.0 Å². The predicted octanol–water partition coefficient (Wildman–Crippen LogP) is 2.79. The number of hydrogen-bond donors (Lipinski definition) is 1. The van der Waals surface area contributed by atoms with Crippen LogP contribution in [0.5, 0.6) is 0 Å². The summed E-state index contributed by atoms with van der Waals surface area (Å²) in [6.45, 7) is 4.07. The molecule has 60 valence electrons. The topological polar surface area (TPSA) is 26.0 Å². The zero-order valence-corrected chi connectivity index (χ0v) is 7.57. The Morgan fingerprint density at radius 1 is 1.45 bits per heavy atom. The van der Waals surface area contributed by atoms with Crippen molar-refractivity contribution < 1.29 is 0 Å². The van der Waals surface area contributed by atoms with Crippen LogP contribution in [0.3, 0.4) is 0 Å². The Labute approximate surface area is 72.2 Å². The van der Waals surface area contributed by atoms with E-state index in [1.165, 1.54) is 5.56 Å². The smallest absolute Gasteiger partial charge is 0.0640 e. The van der Waals surface area contributed by atoms with E-state index in [-0.39, 0.29) is 0 Å². The van der Waals surface area contributed by atoms with Crippen molar-refractivity contribution in [2.45, 2.75) is 20.3 Å². The Balaban J connectivity index is 3.21. The normalized spacial score (nSPS) is 10.1. The molecule has 2 N–H and O–H groups in total. The summed E-state index contributed by atoms with van der Waals surface area (Å²) in [5.74, 6) is 0. The zero-order chi connectivity index (χ0) is 8.43. The van der Waals surface area contributed by atoms with Gasteiger partial charge in [-0.1, -0.05) is 24.6 Å². The summed E-state index contributed by atoms with van der Waals surface area (Å²) in [6, 6.07) is 3.99. The molecule has 1 rings (SSSR count). The van der Waals surface area contributed by atoms with E-state index >= 15 is 0 Å². The van der Waals surface area contributed by atoms with Gasteiger partial charge in [-0.25, -0.2) is 0 Å². The van der Waals surface area contributed by atoms with E-state index in [1.807, 2.05) is 13.0 Å². The van der Waals surface area contributed by atoms with Crippen LogP contribution in [0.25, 0.3) is 0 Å². The van der Waals surface area contributed by atoms with Gasteiger partial charge < -0.3 is 5.73 Å². The van der Waals surface area contributed by atoms with E-state index < -0.39 is 0 Å². The average Bonchev–Trinajstić information content (AvgIpc) is 1.99. The molecule has 0 spiro atoms. The summed E-state index contributed by atoms with van der Waals surface area (Å²) in [5, 5.41) is 0.668. The van der Waals surface area contributed by atoms with Crippen molar-refractivity contribution >= 4 is 17.3 Å². The van der Waals surface area contributed by atoms with Crippen LogP contribution in [0.2, 0.25) is 5.02 Å². The molecule has 0 bridgehead atoms. The highest BCUT2D eigenvalue weighted by Gasteiger charge is 2.00. The summed E-state index contributed by atoms with van der Waals surface area (Å²) in [6.07, 6.45) is 1.00. The quantitative estimate of drug-likeness (QED) is 0.643. The molecule has 1 aromatic carbocycles. The van der Waals surface area contributed by atoms with Gasteiger partial charge in [0, 0.05) is 0 Å². The fourth-order valence-electron chi connectivity index (χ4n) is 1.03. The maximum atomic E-state index is 5.87. The highest BCUT2D eigenvalue weighted by Crippen LogP contribution is 2.24. The molecule has 1 aromatic rings. The molecule has 0 heterocycles. The van der Waals surface area contributed by atoms with E-state index in [4.69, 9.17) is 17.3 Å². The maximum absolute atomic E-state index is 5.87. The van der Waals surface area contributed by atoms with Gasteiger partial charge in [-0.15, -0.1) is 0 Å². The SMILES string of the molecule is CCc1cc(C)c(N)c(Cl)c1. The maximum Gasteiger partial charge on any atom is 0.0640 e. The van der Waals surface area contributed by atoms with Crippen LogP contribution >= 0.6 is 11.6 Å². The first-order valence-electron chi connectivity index (χ1n) is 3.69. The summed E-state index contributed by atoms with van der Waals surface area (Å²) < 4.78 is 0. The van der Waals surface area contributed by atoms with Gasteiger partial charge in [0.2, 0.25) is 0 Å². The summed E-state index contributed by atoms with van der Waals surface area (Å²) in [7, 11) is 0. The minimum atomic E-state index is 0.668. The van der Waals surface area contributed by atoms with Crippen molar-refractivity contribution in [2.24, 2.45) is 0 Å². The van der Waals surface area contributed by atoms with Gasteiger partial charge in [0.15, 0.2) is 0 Å². The van der Waals surface area contributed by atoms with Gasteiger partial charge in [-0.05, 0) is 30.5 Å². The van der Waals surface area contributed by atoms with Gasteiger partial charge in [0.25, 0.3) is 0 Å². The first-order valence-corrected chi connectivity index (χ1v) is 4.07. The molecule has 0 aliphatic rings. The second-order valence-electron chi connectivity index (χ2n) is 2.66. The Morgan fingerprint density at radius 3 is 2.55 bits per heavy atom. The molecular weight excluding hydrogens is 158 g/mol. The van der Waals surface area contributed by atoms with E-state index in [0.29, 0.717) is 10.7 Å². The molecule has 0 amide bonds. The third-order valence-corrected chi connectivity index (χ3v) is 2.12. The predicted molar refractivity (Wildman–Crippen MR) is 50.0 cm³/mol. The summed E-state index contributed by atoms with van der Waals surface area (Å²) in [5.41, 5.74) is 8.67. The molecule has 0 aliphatic heterocycles. The average molecular weight is 170 g/mol. The van der Waals surface area contributed by atoms with Crippen LogP contribution in [0.1, 0.15) is 18.1 Å². The van der Waals surface area contributed by atoms with Crippen LogP contribution in [0, 0.1) is 6.92 Å². The second-order valence-corrected chi connectivity index (χ2v) is 3.07. The summed E-state index contributed by atoms with van der Waals surface area (Å²) in [4.78, 5) is 0. The van der Waals surface area contributed by atoms with E-state index in [2.05, 4.69) is 13.0 Å². The number of nitrogens with two attached hydrogens (primary N) is 1. The number of hydrogen-bond acceptors (Lipinski definition) is 1. The summed E-state index contributed by atoms with van der Waals surface area (Å²) >= 11 is 5.87. The molecule has 0 atom stereocenters. The van der Waals surface area contributed by atoms with Crippen LogP contribution in [-0.2, 0) is 6.42 Å². The monoisotopic (exact) mass is 169 g/mol. The second kappa shape index (κ2) is 3.14. The van der Waals surface area contributed by atoms with Crippen molar-refractivity contribution in [3.63, 3.8) is 0 Å². The minimum absolute atomic E-state index is 0.668. The van der Waals surface area contributed by atoms with Crippen molar-refractivity contribution in [2.75, 3.05) is 5.73 Å². The van der Waals surface area contributed by atoms with Gasteiger partial charge in [0.1, 0.15) is 0 Å². The number of aryl methyl sites for hydroxylation is 2. The lowest BCUT2D eigenvalue weighted by Gasteiger charge is -2.04. The van der Waals surface area contributed by atoms with Crippen LogP contribution in [0.15, 0.2) is 12.1 Å². The van der Waals surface area contributed by atoms with Gasteiger partial charge in [0.05, 0.1) is 10.7 Å². The molecule has 0 unspecified atom stereocenters. The molecule has 0 aliphatic carbocycles. The largest absolute Gasteiger partial charge is 0.397 e. The molecule has 0 saturated carbocycles. The Kier molecular flexibility index (Phi) is 2.40. The highest BCUT2D eigenvalue weighted by molar-refractivity contribution is 6.33. The lowest BCUT2D eigenvalue weighted by atomic mass is 10.1. The van der Waals surface area contributed by atoms with Crippen molar-refractivity contribution in [1.82, 2.24) is 0 Å². The number of rotatable bonds is 1. The number of benzene rings is 1. The van der Waals surface area contributed by atoms with Crippen molar-refractivity contribution in [3.8, 4) is 0 Å². The van der Waals surface area contributed by atoms with Gasteiger partial charge in [-0.3, -0.25) is 0 Å². The van der Waals surface area contributed by atoms with Crippen LogP contribution in [0.4, 0.5) is 5.69 Å². The number of nitrogen functional groups attached to an aromatic ring is 1. The third kappa shape index (κ3) is 1.66. The number of anilines is 1. The van der Waals surface area contributed by atoms with Crippen molar-refractivity contribution in [3.05, 3.63) is 28.3 Å². The van der Waals surface area contributed by atoms with Crippen LogP contribution in [-0.4, -0.2) is 0 Å². The molecular formula is C9H12ClN. The minimum Gasteiger partial charge on any atom is -0.397 e. The van der Waals surface area contributed by atoms with Crippen LogP contribution < -0.4 is 5.73 Å². The molecule has 0 aromatic heterocycles. The fraction of sp³-hybridized carbons (Fsp3) is 0.333. The third-order valence-electron chi connectivity index (χ3n) is 1.80. The zero-order valence-electron chi connectivity index (χ0n) is 6.82. The highest BCUT2D eigenvalue weighted by atomic mass is 35.5. The fourth-order valence-corrected chi connectivity index (χ4v) is 1.32. The molecule has 1 nitrogen and oxygen atoms in total. The first-order chi connectivity index (χ1) is 5.15. The van der Waals surface area contributed by atoms with Gasteiger partial charge >= 0.3 is 0 Å². The Bertz CT molecular complexity index is 245. The molecule has 11 heavy (non-hydrogen) atoms. The van der Waals surface area contributed by atoms with E-state index in [9.17, 15) is 0 Å². The molecule has 2 heteroatoms. The van der Waals surface area contributed by atoms with Crippen molar-refractivity contribution in [1.29, 1.82) is 0 Å².